The van der Waals surface area contributed by atoms with Crippen LogP contribution in [0.25, 0.3) is 0 Å². The zero-order valence-electron chi connectivity index (χ0n) is 22.1. The van der Waals surface area contributed by atoms with Crippen LogP contribution in [0.15, 0.2) is 93.9 Å². The van der Waals surface area contributed by atoms with Gasteiger partial charge in [-0.25, -0.2) is 0 Å². The molecule has 0 spiro atoms. The monoisotopic (exact) mass is 704 g/mol. The molecule has 10 heteroatoms. The van der Waals surface area contributed by atoms with Gasteiger partial charge in [-0.3, -0.25) is 9.59 Å². The Bertz CT molecular complexity index is 1650. The smallest absolute Gasteiger partial charge is 0.387 e. The molecule has 0 amide bonds. The normalized spacial score (nSPS) is 10.3. The molecule has 0 aliphatic carbocycles. The largest absolute Gasteiger partial charge is 0.435 e. The second-order valence-corrected chi connectivity index (χ2v) is 10.5. The Kier molecular flexibility index (Phi) is 11.9. The minimum Gasteiger partial charge on any atom is -0.435 e. The highest BCUT2D eigenvalue weighted by molar-refractivity contribution is 9.10. The first kappa shape index (κ1) is 32.6. The summed E-state index contributed by atoms with van der Waals surface area (Å²) in [6.07, 6.45) is 0. The lowest BCUT2D eigenvalue weighted by Crippen LogP contribution is -2.15. The van der Waals surface area contributed by atoms with E-state index >= 15 is 0 Å². The fourth-order valence-electron chi connectivity index (χ4n) is 3.58. The molecule has 0 heterocycles. The number of ether oxygens (including phenoxy) is 2. The minimum absolute atomic E-state index is 0.0264. The molecule has 0 aliphatic rings. The average molecular weight is 706 g/mol. The molecule has 216 valence electrons. The number of Topliss-reactive ketones (excluding diaryl/α,β-unsaturated/α-hetero) is 2. The van der Waals surface area contributed by atoms with Gasteiger partial charge in [-0.2, -0.15) is 17.6 Å². The number of rotatable bonds is 7. The second-order valence-electron chi connectivity index (χ2n) is 8.65. The highest BCUT2D eigenvalue weighted by atomic mass is 79.9. The molecule has 0 N–H and O–H groups in total. The standard InChI is InChI=1S/C16H11BrF2O3.C16H11BrF2O/c1-9-7-11(5-6-13(9)22-16(18)19)15(21)14(20)10-3-2-4-12(17)8-10;1-11-9-13(7-8-15(11)20-16(18)19)6-5-12-3-2-4-14(17)10-12/h2-8,16H,1H3;2-4,7-10,16H,1H3. The molecule has 4 aromatic carbocycles. The molecule has 4 aromatic rings. The van der Waals surface area contributed by atoms with Crippen molar-refractivity contribution in [1.29, 1.82) is 0 Å². The fourth-order valence-corrected chi connectivity index (χ4v) is 4.38. The maximum atomic E-state index is 12.2. The number of carbonyl (C=O) groups is 2. The summed E-state index contributed by atoms with van der Waals surface area (Å²) in [7, 11) is 0. The van der Waals surface area contributed by atoms with Gasteiger partial charge < -0.3 is 9.47 Å². The molecule has 0 radical (unpaired) electrons. The number of hydrogen-bond donors (Lipinski definition) is 0. The summed E-state index contributed by atoms with van der Waals surface area (Å²) in [6, 6.07) is 22.9. The molecule has 0 saturated heterocycles. The van der Waals surface area contributed by atoms with E-state index in [9.17, 15) is 27.2 Å². The van der Waals surface area contributed by atoms with E-state index in [4.69, 9.17) is 0 Å². The van der Waals surface area contributed by atoms with Gasteiger partial charge in [0.25, 0.3) is 0 Å². The summed E-state index contributed by atoms with van der Waals surface area (Å²) >= 11 is 6.61. The van der Waals surface area contributed by atoms with Crippen LogP contribution in [0.2, 0.25) is 0 Å². The van der Waals surface area contributed by atoms with E-state index in [0.29, 0.717) is 15.6 Å². The van der Waals surface area contributed by atoms with Crippen molar-refractivity contribution in [2.75, 3.05) is 0 Å². The van der Waals surface area contributed by atoms with Gasteiger partial charge in [-0.15, -0.1) is 0 Å². The van der Waals surface area contributed by atoms with Gasteiger partial charge in [0.2, 0.25) is 11.6 Å². The van der Waals surface area contributed by atoms with Crippen molar-refractivity contribution in [3.63, 3.8) is 0 Å². The van der Waals surface area contributed by atoms with Crippen LogP contribution in [-0.2, 0) is 0 Å². The lowest BCUT2D eigenvalue weighted by Gasteiger charge is -2.09. The van der Waals surface area contributed by atoms with Gasteiger partial charge >= 0.3 is 13.2 Å². The molecule has 4 nitrogen and oxygen atoms in total. The SMILES string of the molecule is Cc1cc(C#Cc2cccc(Br)c2)ccc1OC(F)F.Cc1cc(C(=O)C(=O)c2cccc(Br)c2)ccc1OC(F)F. The lowest BCUT2D eigenvalue weighted by atomic mass is 10.00. The Morgan fingerprint density at radius 3 is 1.60 bits per heavy atom. The highest BCUT2D eigenvalue weighted by Gasteiger charge is 2.20. The number of aryl methyl sites for hydroxylation is 2. The van der Waals surface area contributed by atoms with Gasteiger partial charge in [0.1, 0.15) is 11.5 Å². The van der Waals surface area contributed by atoms with E-state index in [-0.39, 0.29) is 22.6 Å². The highest BCUT2D eigenvalue weighted by Crippen LogP contribution is 2.23. The topological polar surface area (TPSA) is 52.6 Å². The Morgan fingerprint density at radius 1 is 0.619 bits per heavy atom. The van der Waals surface area contributed by atoms with Crippen LogP contribution in [0, 0.1) is 25.7 Å². The van der Waals surface area contributed by atoms with Gasteiger partial charge in [0, 0.05) is 31.2 Å². The molecule has 4 rings (SSSR count). The van der Waals surface area contributed by atoms with Crippen LogP contribution in [0.1, 0.15) is 43.0 Å². The molecule has 0 unspecified atom stereocenters. The van der Waals surface area contributed by atoms with Crippen molar-refractivity contribution < 1.29 is 36.6 Å². The lowest BCUT2D eigenvalue weighted by molar-refractivity contribution is -0.0509. The Morgan fingerprint density at radius 2 is 1.10 bits per heavy atom. The number of hydrogen-bond acceptors (Lipinski definition) is 4. The van der Waals surface area contributed by atoms with Crippen LogP contribution < -0.4 is 9.47 Å². The molecule has 0 bridgehead atoms. The molecule has 42 heavy (non-hydrogen) atoms. The van der Waals surface area contributed by atoms with Crippen molar-refractivity contribution in [3.05, 3.63) is 127 Å². The first-order valence-electron chi connectivity index (χ1n) is 12.2. The van der Waals surface area contributed by atoms with Crippen molar-refractivity contribution in [1.82, 2.24) is 0 Å². The van der Waals surface area contributed by atoms with Crippen molar-refractivity contribution in [3.8, 4) is 23.3 Å². The number of ketones is 2. The van der Waals surface area contributed by atoms with Crippen LogP contribution >= 0.6 is 31.9 Å². The summed E-state index contributed by atoms with van der Waals surface area (Å²) in [5.74, 6) is 4.80. The zero-order valence-corrected chi connectivity index (χ0v) is 25.3. The van der Waals surface area contributed by atoms with Gasteiger partial charge in [0.15, 0.2) is 0 Å². The van der Waals surface area contributed by atoms with E-state index in [1.54, 1.807) is 37.3 Å². The Hall–Kier alpha value is -3.94. The molecular formula is C32H22Br2F4O4. The van der Waals surface area contributed by atoms with Crippen molar-refractivity contribution in [2.24, 2.45) is 0 Å². The first-order valence-corrected chi connectivity index (χ1v) is 13.7. The summed E-state index contributed by atoms with van der Waals surface area (Å²) in [4.78, 5) is 24.3. The summed E-state index contributed by atoms with van der Waals surface area (Å²) in [6.45, 7) is -2.52. The molecular weight excluding hydrogens is 684 g/mol. The Labute approximate surface area is 256 Å². The molecule has 0 aromatic heterocycles. The van der Waals surface area contributed by atoms with Crippen LogP contribution in [0.3, 0.4) is 0 Å². The summed E-state index contributed by atoms with van der Waals surface area (Å²) in [5.41, 5.74) is 3.00. The second kappa shape index (κ2) is 15.3. The maximum absolute atomic E-state index is 12.2. The molecule has 0 saturated carbocycles. The third kappa shape index (κ3) is 9.86. The molecule has 0 fully saturated rings. The third-order valence-electron chi connectivity index (χ3n) is 5.51. The van der Waals surface area contributed by atoms with E-state index in [1.807, 2.05) is 24.3 Å². The molecule has 0 aliphatic heterocycles. The average Bonchev–Trinajstić information content (AvgIpc) is 2.93. The maximum Gasteiger partial charge on any atom is 0.387 e. The number of halogens is 6. The first-order chi connectivity index (χ1) is 19.9. The number of carbonyl (C=O) groups excluding carboxylic acids is 2. The number of benzene rings is 4. The van der Waals surface area contributed by atoms with E-state index in [1.165, 1.54) is 37.3 Å². The number of alkyl halides is 4. The van der Waals surface area contributed by atoms with Crippen LogP contribution in [-0.4, -0.2) is 24.8 Å². The van der Waals surface area contributed by atoms with Gasteiger partial charge in [-0.1, -0.05) is 61.9 Å². The molecule has 0 atom stereocenters. The van der Waals surface area contributed by atoms with E-state index < -0.39 is 24.8 Å². The predicted octanol–water partition coefficient (Wildman–Crippen LogP) is 9.18. The third-order valence-corrected chi connectivity index (χ3v) is 6.50. The van der Waals surface area contributed by atoms with E-state index in [2.05, 4.69) is 53.2 Å². The van der Waals surface area contributed by atoms with Crippen molar-refractivity contribution >= 4 is 43.4 Å². The van der Waals surface area contributed by atoms with Crippen molar-refractivity contribution in [2.45, 2.75) is 27.1 Å². The minimum atomic E-state index is -2.94. The summed E-state index contributed by atoms with van der Waals surface area (Å²) in [5, 5.41) is 0. The zero-order chi connectivity index (χ0) is 30.8. The van der Waals surface area contributed by atoms with Gasteiger partial charge in [0.05, 0.1) is 0 Å². The van der Waals surface area contributed by atoms with Crippen LogP contribution in [0.4, 0.5) is 17.6 Å². The Balaban J connectivity index is 0.000000231. The fraction of sp³-hybridized carbons (Fsp3) is 0.125. The van der Waals surface area contributed by atoms with E-state index in [0.717, 1.165) is 15.6 Å². The quantitative estimate of drug-likeness (QED) is 0.0833. The van der Waals surface area contributed by atoms with Crippen LogP contribution in [0.5, 0.6) is 11.5 Å². The van der Waals surface area contributed by atoms with Gasteiger partial charge in [-0.05, 0) is 91.7 Å². The predicted molar refractivity (Wildman–Crippen MR) is 159 cm³/mol. The summed E-state index contributed by atoms with van der Waals surface area (Å²) < 4.78 is 59.0.